The summed E-state index contributed by atoms with van der Waals surface area (Å²) in [6.45, 7) is 2.18. The monoisotopic (exact) mass is 272 g/mol. The van der Waals surface area contributed by atoms with Gasteiger partial charge in [0.05, 0.1) is 16.8 Å². The van der Waals surface area contributed by atoms with Crippen LogP contribution in [0.2, 0.25) is 0 Å². The maximum absolute atomic E-state index is 11.7. The highest BCUT2D eigenvalue weighted by Gasteiger charge is 2.16. The number of thiophene rings is 1. The Kier molecular flexibility index (Phi) is 3.05. The van der Waals surface area contributed by atoms with E-state index in [0.717, 1.165) is 21.5 Å². The number of aromatic amines is 1. The molecule has 0 saturated heterocycles. The van der Waals surface area contributed by atoms with Crippen LogP contribution in [0, 0.1) is 0 Å². The van der Waals surface area contributed by atoms with Crippen LogP contribution in [0.1, 0.15) is 16.6 Å². The first kappa shape index (κ1) is 11.9. The number of esters is 1. The predicted molar refractivity (Wildman–Crippen MR) is 75.4 cm³/mol. The second-order valence-electron chi connectivity index (χ2n) is 4.01. The number of nitrogens with zero attached hydrogens (tertiary/aromatic N) is 1. The Balaban J connectivity index is 2.06. The molecule has 2 aromatic heterocycles. The van der Waals surface area contributed by atoms with E-state index in [0.29, 0.717) is 11.5 Å². The molecule has 3 rings (SSSR count). The van der Waals surface area contributed by atoms with Crippen LogP contribution in [0.25, 0.3) is 21.5 Å². The fraction of sp³-hybridized carbons (Fsp3) is 0.143. The van der Waals surface area contributed by atoms with Crippen LogP contribution in [0.3, 0.4) is 0 Å². The molecule has 0 aliphatic rings. The minimum Gasteiger partial charge on any atom is -0.462 e. The van der Waals surface area contributed by atoms with E-state index in [4.69, 9.17) is 4.74 Å². The molecule has 2 heterocycles. The van der Waals surface area contributed by atoms with Crippen molar-refractivity contribution >= 4 is 27.5 Å². The third-order valence-corrected chi connectivity index (χ3v) is 3.88. The highest BCUT2D eigenvalue weighted by atomic mass is 32.1. The molecule has 1 aromatic carbocycles. The van der Waals surface area contributed by atoms with Gasteiger partial charge in [-0.3, -0.25) is 5.10 Å². The third-order valence-electron chi connectivity index (χ3n) is 2.76. The van der Waals surface area contributed by atoms with Crippen molar-refractivity contribution in [2.24, 2.45) is 0 Å². The van der Waals surface area contributed by atoms with Crippen LogP contribution in [-0.2, 0) is 4.74 Å². The fourth-order valence-electron chi connectivity index (χ4n) is 1.91. The summed E-state index contributed by atoms with van der Waals surface area (Å²) in [5.74, 6) is -0.281. The highest BCUT2D eigenvalue weighted by molar-refractivity contribution is 7.21. The molecule has 4 nitrogen and oxygen atoms in total. The number of hydrogen-bond donors (Lipinski definition) is 1. The van der Waals surface area contributed by atoms with Crippen molar-refractivity contribution in [1.82, 2.24) is 10.2 Å². The average molecular weight is 272 g/mol. The first-order valence-electron chi connectivity index (χ1n) is 6.00. The maximum Gasteiger partial charge on any atom is 0.348 e. The Morgan fingerprint density at radius 2 is 2.16 bits per heavy atom. The van der Waals surface area contributed by atoms with E-state index >= 15 is 0 Å². The second-order valence-corrected chi connectivity index (χ2v) is 5.06. The molecule has 0 atom stereocenters. The van der Waals surface area contributed by atoms with Crippen molar-refractivity contribution in [3.8, 4) is 11.3 Å². The van der Waals surface area contributed by atoms with E-state index in [2.05, 4.69) is 10.2 Å². The van der Waals surface area contributed by atoms with Gasteiger partial charge in [-0.1, -0.05) is 30.3 Å². The lowest BCUT2D eigenvalue weighted by molar-refractivity contribution is 0.0532. The van der Waals surface area contributed by atoms with Crippen molar-refractivity contribution in [3.63, 3.8) is 0 Å². The number of hydrogen-bond acceptors (Lipinski definition) is 4. The van der Waals surface area contributed by atoms with Gasteiger partial charge in [0.2, 0.25) is 0 Å². The first-order valence-corrected chi connectivity index (χ1v) is 6.81. The largest absolute Gasteiger partial charge is 0.462 e. The zero-order valence-corrected chi connectivity index (χ0v) is 11.2. The summed E-state index contributed by atoms with van der Waals surface area (Å²) in [7, 11) is 0. The molecule has 0 aliphatic heterocycles. The number of H-pyrrole nitrogens is 1. The van der Waals surface area contributed by atoms with Gasteiger partial charge in [0.1, 0.15) is 10.6 Å². The van der Waals surface area contributed by atoms with Gasteiger partial charge in [-0.25, -0.2) is 4.79 Å². The number of rotatable bonds is 3. The van der Waals surface area contributed by atoms with Gasteiger partial charge in [-0.15, -0.1) is 11.3 Å². The van der Waals surface area contributed by atoms with Crippen molar-refractivity contribution in [2.45, 2.75) is 6.92 Å². The average Bonchev–Trinajstić information content (AvgIpc) is 2.99. The Labute approximate surface area is 114 Å². The molecule has 1 N–H and O–H groups in total. The summed E-state index contributed by atoms with van der Waals surface area (Å²) < 4.78 is 5.99. The highest BCUT2D eigenvalue weighted by Crippen LogP contribution is 2.33. The Hall–Kier alpha value is -2.14. The molecular formula is C14H12N2O2S. The number of benzene rings is 1. The lowest BCUT2D eigenvalue weighted by atomic mass is 10.1. The topological polar surface area (TPSA) is 55.0 Å². The normalized spacial score (nSPS) is 10.8. The maximum atomic E-state index is 11.7. The van der Waals surface area contributed by atoms with Gasteiger partial charge in [-0.2, -0.15) is 5.10 Å². The molecule has 0 unspecified atom stereocenters. The van der Waals surface area contributed by atoms with E-state index in [1.807, 2.05) is 30.3 Å². The van der Waals surface area contributed by atoms with E-state index in [1.165, 1.54) is 11.3 Å². The molecule has 0 spiro atoms. The minimum atomic E-state index is -0.281. The van der Waals surface area contributed by atoms with Gasteiger partial charge < -0.3 is 4.74 Å². The van der Waals surface area contributed by atoms with Gasteiger partial charge >= 0.3 is 5.97 Å². The van der Waals surface area contributed by atoms with Crippen molar-refractivity contribution in [2.75, 3.05) is 6.61 Å². The molecule has 0 radical (unpaired) electrons. The molecule has 3 aromatic rings. The number of fused-ring (bicyclic) bond motifs is 1. The molecule has 19 heavy (non-hydrogen) atoms. The molecule has 0 bridgehead atoms. The summed E-state index contributed by atoms with van der Waals surface area (Å²) >= 11 is 1.41. The molecule has 0 saturated carbocycles. The predicted octanol–water partition coefficient (Wildman–Crippen LogP) is 3.47. The van der Waals surface area contributed by atoms with E-state index in [-0.39, 0.29) is 5.97 Å². The van der Waals surface area contributed by atoms with Gasteiger partial charge in [-0.05, 0) is 13.0 Å². The molecule has 5 heteroatoms. The quantitative estimate of drug-likeness (QED) is 0.743. The number of carbonyl (C=O) groups excluding carboxylic acids is 1. The fourth-order valence-corrected chi connectivity index (χ4v) is 2.93. The van der Waals surface area contributed by atoms with Crippen LogP contribution in [-0.4, -0.2) is 22.8 Å². The van der Waals surface area contributed by atoms with E-state index < -0.39 is 0 Å². The van der Waals surface area contributed by atoms with Crippen molar-refractivity contribution in [1.29, 1.82) is 0 Å². The summed E-state index contributed by atoms with van der Waals surface area (Å²) in [4.78, 5) is 12.3. The van der Waals surface area contributed by atoms with E-state index in [9.17, 15) is 4.79 Å². The van der Waals surface area contributed by atoms with E-state index in [1.54, 1.807) is 13.0 Å². The molecule has 0 fully saturated rings. The lowest BCUT2D eigenvalue weighted by Crippen LogP contribution is -2.01. The Morgan fingerprint density at radius 1 is 1.37 bits per heavy atom. The van der Waals surface area contributed by atoms with Crippen LogP contribution < -0.4 is 0 Å². The summed E-state index contributed by atoms with van der Waals surface area (Å²) in [6, 6.07) is 11.7. The molecule has 0 amide bonds. The van der Waals surface area contributed by atoms with Crippen LogP contribution in [0.5, 0.6) is 0 Å². The third kappa shape index (κ3) is 2.13. The molecule has 0 aliphatic carbocycles. The van der Waals surface area contributed by atoms with Gasteiger partial charge in [0, 0.05) is 5.56 Å². The first-order chi connectivity index (χ1) is 9.29. The van der Waals surface area contributed by atoms with Gasteiger partial charge in [0.25, 0.3) is 0 Å². The Morgan fingerprint density at radius 3 is 2.89 bits per heavy atom. The van der Waals surface area contributed by atoms with Crippen molar-refractivity contribution < 1.29 is 9.53 Å². The molecular weight excluding hydrogens is 260 g/mol. The smallest absolute Gasteiger partial charge is 0.348 e. The number of aromatic nitrogens is 2. The second kappa shape index (κ2) is 4.85. The molecule has 96 valence electrons. The van der Waals surface area contributed by atoms with Crippen LogP contribution >= 0.6 is 11.3 Å². The number of ether oxygens (including phenoxy) is 1. The zero-order valence-electron chi connectivity index (χ0n) is 10.3. The van der Waals surface area contributed by atoms with Crippen molar-refractivity contribution in [3.05, 3.63) is 41.3 Å². The standard InChI is InChI=1S/C14H12N2O2S/c1-2-18-14(17)11-8-10-13(19-11)12(16-15-10)9-6-4-3-5-7-9/h3-8H,2H2,1H3,(H,15,16). The summed E-state index contributed by atoms with van der Waals surface area (Å²) in [6.07, 6.45) is 0. The number of nitrogens with one attached hydrogen (secondary N) is 1. The number of carbonyl (C=O) groups is 1. The summed E-state index contributed by atoms with van der Waals surface area (Å²) in [5, 5.41) is 7.26. The zero-order chi connectivity index (χ0) is 13.2. The summed E-state index contributed by atoms with van der Waals surface area (Å²) in [5.41, 5.74) is 2.77. The lowest BCUT2D eigenvalue weighted by Gasteiger charge is -1.97. The van der Waals surface area contributed by atoms with Crippen LogP contribution in [0.15, 0.2) is 36.4 Å². The van der Waals surface area contributed by atoms with Crippen LogP contribution in [0.4, 0.5) is 0 Å². The van der Waals surface area contributed by atoms with Gasteiger partial charge in [0.15, 0.2) is 0 Å². The SMILES string of the molecule is CCOC(=O)c1cc2[nH]nc(-c3ccccc3)c2s1. The minimum absolute atomic E-state index is 0.281. The Bertz CT molecular complexity index is 715.